The fourth-order valence-electron chi connectivity index (χ4n) is 5.03. The Morgan fingerprint density at radius 1 is 1.06 bits per heavy atom. The molecule has 4 atom stereocenters. The number of aromatic nitrogens is 2. The molecule has 11 nitrogen and oxygen atoms in total. The number of carboxylic acids is 1. The van der Waals surface area contributed by atoms with Crippen molar-refractivity contribution in [3.63, 3.8) is 0 Å². The quantitative estimate of drug-likeness (QED) is 0.382. The highest BCUT2D eigenvalue weighted by molar-refractivity contribution is 5.95. The molecule has 1 aromatic heterocycles. The highest BCUT2D eigenvalue weighted by Crippen LogP contribution is 2.26. The van der Waals surface area contributed by atoms with Crippen LogP contribution in [0.1, 0.15) is 36.9 Å². The zero-order valence-corrected chi connectivity index (χ0v) is 20.0. The molecule has 4 unspecified atom stereocenters. The van der Waals surface area contributed by atoms with Gasteiger partial charge in [0.1, 0.15) is 18.1 Å². The average molecular weight is 497 g/mol. The molecule has 36 heavy (non-hydrogen) atoms. The molecule has 2 fully saturated rings. The fourth-order valence-corrected chi connectivity index (χ4v) is 5.03. The molecule has 192 valence electrons. The van der Waals surface area contributed by atoms with E-state index >= 15 is 0 Å². The Balaban J connectivity index is 1.40. The molecule has 0 radical (unpaired) electrons. The van der Waals surface area contributed by atoms with Gasteiger partial charge >= 0.3 is 5.97 Å². The number of amides is 3. The minimum Gasteiger partial charge on any atom is -0.480 e. The van der Waals surface area contributed by atoms with Gasteiger partial charge in [0.15, 0.2) is 0 Å². The predicted octanol–water partition coefficient (Wildman–Crippen LogP) is 0.0736. The zero-order chi connectivity index (χ0) is 25.7. The number of aliphatic carboxylic acids is 1. The first-order chi connectivity index (χ1) is 17.3. The minimum absolute atomic E-state index is 0.0476. The number of nitrogens with zero attached hydrogens (tertiary/aromatic N) is 3. The van der Waals surface area contributed by atoms with Crippen molar-refractivity contribution < 1.29 is 24.3 Å². The van der Waals surface area contributed by atoms with Gasteiger partial charge < -0.3 is 30.9 Å². The third-order valence-electron chi connectivity index (χ3n) is 6.87. The molecule has 0 saturated carbocycles. The molecule has 5 N–H and O–H groups in total. The number of hydrogen-bond acceptors (Lipinski definition) is 6. The molecule has 11 heteroatoms. The maximum absolute atomic E-state index is 13.5. The number of hydrogen-bond donors (Lipinski definition) is 4. The van der Waals surface area contributed by atoms with Crippen LogP contribution < -0.4 is 11.1 Å². The minimum atomic E-state index is -1.17. The van der Waals surface area contributed by atoms with Gasteiger partial charge in [-0.25, -0.2) is 9.78 Å². The van der Waals surface area contributed by atoms with Gasteiger partial charge in [0.05, 0.1) is 12.4 Å². The van der Waals surface area contributed by atoms with E-state index in [0.29, 0.717) is 50.9 Å². The lowest BCUT2D eigenvalue weighted by Gasteiger charge is -2.32. The molecule has 2 saturated heterocycles. The lowest BCUT2D eigenvalue weighted by Crippen LogP contribution is -2.56. The van der Waals surface area contributed by atoms with E-state index in [2.05, 4.69) is 15.3 Å². The highest BCUT2D eigenvalue weighted by atomic mass is 16.4. The maximum Gasteiger partial charge on any atom is 0.326 e. The van der Waals surface area contributed by atoms with Gasteiger partial charge in [-0.05, 0) is 37.7 Å². The van der Waals surface area contributed by atoms with Crippen molar-refractivity contribution in [2.45, 2.75) is 62.7 Å². The number of carbonyl (C=O) groups excluding carboxylic acids is 3. The first-order valence-electron chi connectivity index (χ1n) is 12.3. The molecule has 3 heterocycles. The van der Waals surface area contributed by atoms with Crippen molar-refractivity contribution in [2.24, 2.45) is 5.73 Å². The zero-order valence-electron chi connectivity index (χ0n) is 20.0. The maximum atomic E-state index is 13.5. The number of nitrogens with one attached hydrogen (secondary N) is 2. The van der Waals surface area contributed by atoms with E-state index in [0.717, 1.165) is 5.56 Å². The first-order valence-corrected chi connectivity index (χ1v) is 12.3. The number of carbonyl (C=O) groups is 4. The first kappa shape index (κ1) is 25.4. The topological polar surface area (TPSA) is 162 Å². The number of H-pyrrole nitrogens is 1. The Hall–Kier alpha value is -3.73. The molecule has 0 bridgehead atoms. The number of benzene rings is 1. The highest BCUT2D eigenvalue weighted by Gasteiger charge is 2.43. The second-order valence-electron chi connectivity index (χ2n) is 9.36. The Labute approximate surface area is 209 Å². The van der Waals surface area contributed by atoms with Gasteiger partial charge in [0, 0.05) is 31.4 Å². The van der Waals surface area contributed by atoms with Crippen LogP contribution in [0.5, 0.6) is 0 Å². The van der Waals surface area contributed by atoms with Crippen molar-refractivity contribution in [2.75, 3.05) is 13.1 Å². The molecular weight excluding hydrogens is 464 g/mol. The summed E-state index contributed by atoms with van der Waals surface area (Å²) in [5, 5.41) is 12.2. The molecule has 2 aromatic rings. The smallest absolute Gasteiger partial charge is 0.326 e. The predicted molar refractivity (Wildman–Crippen MR) is 129 cm³/mol. The molecule has 0 spiro atoms. The van der Waals surface area contributed by atoms with Crippen LogP contribution in [-0.4, -0.2) is 85.8 Å². The lowest BCUT2D eigenvalue weighted by atomic mass is 10.0. The van der Waals surface area contributed by atoms with E-state index in [4.69, 9.17) is 5.73 Å². The third kappa shape index (κ3) is 5.73. The van der Waals surface area contributed by atoms with E-state index < -0.39 is 36.0 Å². The Morgan fingerprint density at radius 2 is 1.75 bits per heavy atom. The molecule has 4 rings (SSSR count). The van der Waals surface area contributed by atoms with Crippen molar-refractivity contribution in [3.8, 4) is 0 Å². The number of aromatic amines is 1. The molecule has 0 aliphatic carbocycles. The SMILES string of the molecule is NC(Cc1ccccc1)C(=O)N1CCCC1C(=O)N1CCCC1C(=O)NC(Cc1cnc[nH]1)C(=O)O. The third-order valence-corrected chi connectivity index (χ3v) is 6.87. The summed E-state index contributed by atoms with van der Waals surface area (Å²) >= 11 is 0. The van der Waals surface area contributed by atoms with Gasteiger partial charge in [-0.3, -0.25) is 14.4 Å². The van der Waals surface area contributed by atoms with Gasteiger partial charge in [-0.2, -0.15) is 0 Å². The van der Waals surface area contributed by atoms with Crippen LogP contribution in [0.4, 0.5) is 0 Å². The summed E-state index contributed by atoms with van der Waals surface area (Å²) in [4.78, 5) is 61.2. The monoisotopic (exact) mass is 496 g/mol. The van der Waals surface area contributed by atoms with E-state index in [9.17, 15) is 24.3 Å². The molecule has 2 aliphatic rings. The summed E-state index contributed by atoms with van der Waals surface area (Å²) < 4.78 is 0. The normalized spacial score (nSPS) is 21.2. The molecular formula is C25H32N6O5. The van der Waals surface area contributed by atoms with E-state index in [1.165, 1.54) is 17.4 Å². The molecule has 3 amide bonds. The van der Waals surface area contributed by atoms with Crippen LogP contribution in [0.15, 0.2) is 42.9 Å². The fraction of sp³-hybridized carbons (Fsp3) is 0.480. The van der Waals surface area contributed by atoms with Crippen LogP contribution in [0.2, 0.25) is 0 Å². The average Bonchev–Trinajstić information content (AvgIpc) is 3.65. The molecule has 1 aromatic carbocycles. The van der Waals surface area contributed by atoms with Crippen molar-refractivity contribution in [1.29, 1.82) is 0 Å². The van der Waals surface area contributed by atoms with Crippen molar-refractivity contribution in [1.82, 2.24) is 25.1 Å². The van der Waals surface area contributed by atoms with Crippen molar-refractivity contribution >= 4 is 23.7 Å². The van der Waals surface area contributed by atoms with Gasteiger partial charge in [-0.1, -0.05) is 30.3 Å². The largest absolute Gasteiger partial charge is 0.480 e. The summed E-state index contributed by atoms with van der Waals surface area (Å²) in [6.45, 7) is 0.817. The van der Waals surface area contributed by atoms with Crippen LogP contribution >= 0.6 is 0 Å². The van der Waals surface area contributed by atoms with Crippen LogP contribution in [-0.2, 0) is 32.0 Å². The second kappa shape index (κ2) is 11.3. The number of likely N-dealkylation sites (tertiary alicyclic amines) is 2. The van der Waals surface area contributed by atoms with Crippen LogP contribution in [0.3, 0.4) is 0 Å². The number of nitrogens with two attached hydrogens (primary N) is 1. The summed E-state index contributed by atoms with van der Waals surface area (Å²) in [5.74, 6) is -2.25. The second-order valence-corrected chi connectivity index (χ2v) is 9.36. The summed E-state index contributed by atoms with van der Waals surface area (Å²) in [6, 6.07) is 6.10. The van der Waals surface area contributed by atoms with E-state index in [1.807, 2.05) is 30.3 Å². The Kier molecular flexibility index (Phi) is 7.99. The number of carboxylic acid groups (broad SMARTS) is 1. The molecule has 2 aliphatic heterocycles. The summed E-state index contributed by atoms with van der Waals surface area (Å²) in [7, 11) is 0. The summed E-state index contributed by atoms with van der Waals surface area (Å²) in [5.41, 5.74) is 7.74. The standard InChI is InChI=1S/C25H32N6O5/c26-18(12-16-6-2-1-3-7-16)23(33)31-11-5-9-21(31)24(34)30-10-4-8-20(30)22(32)29-19(25(35)36)13-17-14-27-15-28-17/h1-3,6-7,14-15,18-21H,4-5,8-13,26H2,(H,27,28)(H,29,32)(H,35,36). The Morgan fingerprint density at radius 3 is 2.42 bits per heavy atom. The number of rotatable bonds is 9. The van der Waals surface area contributed by atoms with Gasteiger partial charge in [0.25, 0.3) is 0 Å². The lowest BCUT2D eigenvalue weighted by molar-refractivity contribution is -0.148. The Bertz CT molecular complexity index is 1080. The summed E-state index contributed by atoms with van der Waals surface area (Å²) in [6.07, 6.45) is 5.60. The van der Waals surface area contributed by atoms with E-state index in [1.54, 1.807) is 4.90 Å². The number of imidazole rings is 1. The van der Waals surface area contributed by atoms with Crippen LogP contribution in [0.25, 0.3) is 0 Å². The van der Waals surface area contributed by atoms with Gasteiger partial charge in [0.2, 0.25) is 17.7 Å². The van der Waals surface area contributed by atoms with Crippen molar-refractivity contribution in [3.05, 3.63) is 54.1 Å². The van der Waals surface area contributed by atoms with Gasteiger partial charge in [-0.15, -0.1) is 0 Å². The van der Waals surface area contributed by atoms with E-state index in [-0.39, 0.29) is 18.2 Å². The van der Waals surface area contributed by atoms with Crippen LogP contribution in [0, 0.1) is 0 Å².